The van der Waals surface area contributed by atoms with Crippen LogP contribution in [0.1, 0.15) is 13.3 Å². The summed E-state index contributed by atoms with van der Waals surface area (Å²) < 4.78 is 32.1. The topological polar surface area (TPSA) is 38.3 Å². The van der Waals surface area contributed by atoms with E-state index in [1.807, 2.05) is 0 Å². The van der Waals surface area contributed by atoms with E-state index in [0.717, 1.165) is 12.1 Å². The van der Waals surface area contributed by atoms with Gasteiger partial charge in [0.25, 0.3) is 0 Å². The van der Waals surface area contributed by atoms with Crippen LogP contribution in [-0.4, -0.2) is 18.6 Å². The van der Waals surface area contributed by atoms with Gasteiger partial charge < -0.3 is 10.1 Å². The summed E-state index contributed by atoms with van der Waals surface area (Å²) in [5.41, 5.74) is -0.153. The molecule has 0 aliphatic carbocycles. The number of benzene rings is 1. The number of rotatable bonds is 2. The first kappa shape index (κ1) is 13.4. The Bertz CT molecular complexity index is 481. The fourth-order valence-corrected chi connectivity index (χ4v) is 2.24. The van der Waals surface area contributed by atoms with Crippen LogP contribution in [0.5, 0.6) is 0 Å². The minimum atomic E-state index is -0.678. The van der Waals surface area contributed by atoms with E-state index in [-0.39, 0.29) is 28.1 Å². The molecule has 1 heterocycles. The van der Waals surface area contributed by atoms with Gasteiger partial charge in [0.05, 0.1) is 22.2 Å². The van der Waals surface area contributed by atoms with Crippen molar-refractivity contribution in [3.63, 3.8) is 0 Å². The van der Waals surface area contributed by atoms with Crippen molar-refractivity contribution in [3.8, 4) is 0 Å². The van der Waals surface area contributed by atoms with E-state index < -0.39 is 11.6 Å². The number of anilines is 1. The van der Waals surface area contributed by atoms with Gasteiger partial charge in [-0.2, -0.15) is 0 Å². The van der Waals surface area contributed by atoms with Crippen LogP contribution >= 0.6 is 15.9 Å². The van der Waals surface area contributed by atoms with Gasteiger partial charge in [0, 0.05) is 12.7 Å². The zero-order chi connectivity index (χ0) is 13.3. The van der Waals surface area contributed by atoms with Crippen LogP contribution in [0.15, 0.2) is 16.6 Å². The monoisotopic (exact) mass is 319 g/mol. The molecule has 1 N–H and O–H groups in total. The zero-order valence-electron chi connectivity index (χ0n) is 9.67. The Kier molecular flexibility index (Phi) is 3.97. The summed E-state index contributed by atoms with van der Waals surface area (Å²) in [5, 5.41) is 2.40. The molecule has 1 aromatic rings. The summed E-state index contributed by atoms with van der Waals surface area (Å²) >= 11 is 2.87. The van der Waals surface area contributed by atoms with Crippen molar-refractivity contribution in [2.75, 3.05) is 11.9 Å². The molecule has 98 valence electrons. The third-order valence-electron chi connectivity index (χ3n) is 2.98. The third-order valence-corrected chi connectivity index (χ3v) is 3.59. The molecule has 1 aliphatic rings. The molecule has 1 fully saturated rings. The van der Waals surface area contributed by atoms with Crippen molar-refractivity contribution in [2.45, 2.75) is 19.4 Å². The molecule has 1 amide bonds. The van der Waals surface area contributed by atoms with Gasteiger partial charge >= 0.3 is 0 Å². The standard InChI is InChI=1S/C12H12BrF2NO2/c1-6-7(2-3-18-6)12(17)16-11-5-9(14)8(13)4-10(11)15/h4-7H,2-3H2,1H3,(H,16,17). The predicted octanol–water partition coefficient (Wildman–Crippen LogP) is 3.09. The number of hydrogen-bond acceptors (Lipinski definition) is 2. The summed E-state index contributed by atoms with van der Waals surface area (Å²) in [7, 11) is 0. The molecule has 2 rings (SSSR count). The van der Waals surface area contributed by atoms with Crippen LogP contribution in [-0.2, 0) is 9.53 Å². The van der Waals surface area contributed by atoms with Crippen molar-refractivity contribution in [2.24, 2.45) is 5.92 Å². The Balaban J connectivity index is 2.14. The first-order chi connectivity index (χ1) is 8.49. The van der Waals surface area contributed by atoms with Gasteiger partial charge in [-0.05, 0) is 35.3 Å². The fourth-order valence-electron chi connectivity index (χ4n) is 1.92. The molecule has 2 unspecified atom stereocenters. The number of hydrogen-bond donors (Lipinski definition) is 1. The Hall–Kier alpha value is -1.01. The van der Waals surface area contributed by atoms with E-state index in [2.05, 4.69) is 21.2 Å². The third kappa shape index (κ3) is 2.70. The van der Waals surface area contributed by atoms with E-state index in [1.54, 1.807) is 6.92 Å². The average Bonchev–Trinajstić information content (AvgIpc) is 2.72. The van der Waals surface area contributed by atoms with E-state index in [9.17, 15) is 13.6 Å². The molecule has 0 spiro atoms. The first-order valence-corrected chi connectivity index (χ1v) is 6.35. The molecule has 1 aliphatic heterocycles. The van der Waals surface area contributed by atoms with Gasteiger partial charge in [0.2, 0.25) is 5.91 Å². The summed E-state index contributed by atoms with van der Waals surface area (Å²) in [6.45, 7) is 2.30. The van der Waals surface area contributed by atoms with Gasteiger partial charge in [0.1, 0.15) is 11.6 Å². The van der Waals surface area contributed by atoms with E-state index in [0.29, 0.717) is 13.0 Å². The van der Waals surface area contributed by atoms with Crippen molar-refractivity contribution in [3.05, 3.63) is 28.2 Å². The molecule has 6 heteroatoms. The second-order valence-electron chi connectivity index (χ2n) is 4.21. The van der Waals surface area contributed by atoms with Crippen LogP contribution in [0.25, 0.3) is 0 Å². The minimum Gasteiger partial charge on any atom is -0.378 e. The number of ether oxygens (including phenoxy) is 1. The second kappa shape index (κ2) is 5.32. The van der Waals surface area contributed by atoms with Crippen LogP contribution in [0.4, 0.5) is 14.5 Å². The zero-order valence-corrected chi connectivity index (χ0v) is 11.3. The van der Waals surface area contributed by atoms with Gasteiger partial charge in [0.15, 0.2) is 0 Å². The van der Waals surface area contributed by atoms with Gasteiger partial charge in [-0.3, -0.25) is 4.79 Å². The Morgan fingerprint density at radius 3 is 2.78 bits per heavy atom. The lowest BCUT2D eigenvalue weighted by molar-refractivity contribution is -0.121. The number of amides is 1. The number of carbonyl (C=O) groups excluding carboxylic acids is 1. The predicted molar refractivity (Wildman–Crippen MR) is 66.2 cm³/mol. The summed E-state index contributed by atoms with van der Waals surface area (Å²) in [4.78, 5) is 11.9. The summed E-state index contributed by atoms with van der Waals surface area (Å²) in [6.07, 6.45) is 0.390. The minimum absolute atomic E-state index is 0.0237. The lowest BCUT2D eigenvalue weighted by Crippen LogP contribution is -2.28. The Labute approximate surface area is 112 Å². The largest absolute Gasteiger partial charge is 0.378 e. The van der Waals surface area contributed by atoms with Crippen LogP contribution in [0.3, 0.4) is 0 Å². The lowest BCUT2D eigenvalue weighted by atomic mass is 10.0. The molecule has 2 atom stereocenters. The lowest BCUT2D eigenvalue weighted by Gasteiger charge is -2.14. The molecule has 1 aromatic carbocycles. The maximum absolute atomic E-state index is 13.5. The normalized spacial score (nSPS) is 23.1. The van der Waals surface area contributed by atoms with Crippen molar-refractivity contribution < 1.29 is 18.3 Å². The van der Waals surface area contributed by atoms with Gasteiger partial charge in [-0.25, -0.2) is 8.78 Å². The Morgan fingerprint density at radius 1 is 1.44 bits per heavy atom. The van der Waals surface area contributed by atoms with Gasteiger partial charge in [-0.1, -0.05) is 0 Å². The quantitative estimate of drug-likeness (QED) is 0.851. The van der Waals surface area contributed by atoms with E-state index in [4.69, 9.17) is 4.74 Å². The SMILES string of the molecule is CC1OCCC1C(=O)Nc1cc(F)c(Br)cc1F. The highest BCUT2D eigenvalue weighted by atomic mass is 79.9. The molecular weight excluding hydrogens is 308 g/mol. The molecule has 0 saturated carbocycles. The highest BCUT2D eigenvalue weighted by Gasteiger charge is 2.31. The maximum atomic E-state index is 13.5. The van der Waals surface area contributed by atoms with Crippen molar-refractivity contribution in [1.29, 1.82) is 0 Å². The molecule has 1 saturated heterocycles. The molecule has 0 aromatic heterocycles. The summed E-state index contributed by atoms with van der Waals surface area (Å²) in [5.74, 6) is -1.97. The number of nitrogens with one attached hydrogen (secondary N) is 1. The first-order valence-electron chi connectivity index (χ1n) is 5.56. The highest BCUT2D eigenvalue weighted by Crippen LogP contribution is 2.26. The fraction of sp³-hybridized carbons (Fsp3) is 0.417. The van der Waals surface area contributed by atoms with Crippen molar-refractivity contribution in [1.82, 2.24) is 0 Å². The van der Waals surface area contributed by atoms with Crippen LogP contribution in [0, 0.1) is 17.6 Å². The molecular formula is C12H12BrF2NO2. The molecule has 18 heavy (non-hydrogen) atoms. The highest BCUT2D eigenvalue weighted by molar-refractivity contribution is 9.10. The number of halogens is 3. The maximum Gasteiger partial charge on any atom is 0.230 e. The van der Waals surface area contributed by atoms with E-state index >= 15 is 0 Å². The van der Waals surface area contributed by atoms with E-state index in [1.165, 1.54) is 0 Å². The molecule has 0 radical (unpaired) electrons. The van der Waals surface area contributed by atoms with Crippen LogP contribution in [0.2, 0.25) is 0 Å². The van der Waals surface area contributed by atoms with Gasteiger partial charge in [-0.15, -0.1) is 0 Å². The molecule has 0 bridgehead atoms. The number of carbonyl (C=O) groups is 1. The van der Waals surface area contributed by atoms with Crippen LogP contribution < -0.4 is 5.32 Å². The smallest absolute Gasteiger partial charge is 0.230 e. The summed E-state index contributed by atoms with van der Waals surface area (Å²) in [6, 6.07) is 1.94. The average molecular weight is 320 g/mol. The Morgan fingerprint density at radius 2 is 2.17 bits per heavy atom. The van der Waals surface area contributed by atoms with Crippen molar-refractivity contribution >= 4 is 27.5 Å². The second-order valence-corrected chi connectivity index (χ2v) is 5.06. The molecule has 3 nitrogen and oxygen atoms in total.